The highest BCUT2D eigenvalue weighted by Gasteiger charge is 2.21. The van der Waals surface area contributed by atoms with Gasteiger partial charge in [0.05, 0.1) is 15.9 Å². The summed E-state index contributed by atoms with van der Waals surface area (Å²) in [6.07, 6.45) is 0. The van der Waals surface area contributed by atoms with E-state index < -0.39 is 11.9 Å². The van der Waals surface area contributed by atoms with Gasteiger partial charge >= 0.3 is 11.9 Å². The summed E-state index contributed by atoms with van der Waals surface area (Å²) in [4.78, 5) is 23.5. The van der Waals surface area contributed by atoms with Gasteiger partial charge in [-0.25, -0.2) is 4.79 Å². The predicted octanol–water partition coefficient (Wildman–Crippen LogP) is 1.65. The molecule has 0 bridgehead atoms. The SMILES string of the molecule is COC(=O)C(=O)N(C)c1ccc(Br)s1. The molecule has 76 valence electrons. The van der Waals surface area contributed by atoms with Gasteiger partial charge in [0.15, 0.2) is 0 Å². The lowest BCUT2D eigenvalue weighted by molar-refractivity contribution is -0.151. The third-order valence-electron chi connectivity index (χ3n) is 1.55. The largest absolute Gasteiger partial charge is 0.462 e. The molecule has 0 saturated heterocycles. The van der Waals surface area contributed by atoms with Crippen LogP contribution in [-0.4, -0.2) is 26.0 Å². The first-order valence-corrected chi connectivity index (χ1v) is 5.28. The van der Waals surface area contributed by atoms with E-state index in [1.807, 2.05) is 0 Å². The minimum atomic E-state index is -0.864. The summed E-state index contributed by atoms with van der Waals surface area (Å²) in [5.74, 6) is -1.54. The molecular weight excluding hydrogens is 270 g/mol. The number of amides is 1. The Labute approximate surface area is 93.6 Å². The number of halogens is 1. The van der Waals surface area contributed by atoms with Gasteiger partial charge in [-0.3, -0.25) is 9.69 Å². The minimum absolute atomic E-state index is 0.679. The molecule has 0 unspecified atom stereocenters. The molecule has 0 fully saturated rings. The molecule has 1 heterocycles. The van der Waals surface area contributed by atoms with Gasteiger partial charge in [0, 0.05) is 7.05 Å². The number of rotatable bonds is 1. The first kappa shape index (κ1) is 11.2. The topological polar surface area (TPSA) is 46.6 Å². The highest BCUT2D eigenvalue weighted by molar-refractivity contribution is 9.11. The second kappa shape index (κ2) is 4.56. The molecule has 14 heavy (non-hydrogen) atoms. The zero-order valence-corrected chi connectivity index (χ0v) is 10.0. The van der Waals surface area contributed by atoms with Crippen molar-refractivity contribution in [1.29, 1.82) is 0 Å². The van der Waals surface area contributed by atoms with Crippen LogP contribution in [0.25, 0.3) is 0 Å². The quantitative estimate of drug-likeness (QED) is 0.579. The minimum Gasteiger partial charge on any atom is -0.462 e. The van der Waals surface area contributed by atoms with Crippen molar-refractivity contribution in [3.05, 3.63) is 15.9 Å². The smallest absolute Gasteiger partial charge is 0.397 e. The molecular formula is C8H8BrNO3S. The fourth-order valence-corrected chi connectivity index (χ4v) is 2.13. The second-order valence-electron chi connectivity index (χ2n) is 2.43. The summed E-state index contributed by atoms with van der Waals surface area (Å²) in [5.41, 5.74) is 0. The maximum Gasteiger partial charge on any atom is 0.397 e. The van der Waals surface area contributed by atoms with Crippen LogP contribution in [0.2, 0.25) is 0 Å². The van der Waals surface area contributed by atoms with Gasteiger partial charge < -0.3 is 4.74 Å². The van der Waals surface area contributed by atoms with Crippen molar-refractivity contribution < 1.29 is 14.3 Å². The zero-order chi connectivity index (χ0) is 10.7. The number of thiophene rings is 1. The van der Waals surface area contributed by atoms with Crippen LogP contribution in [0.15, 0.2) is 15.9 Å². The van der Waals surface area contributed by atoms with E-state index >= 15 is 0 Å². The number of hydrogen-bond acceptors (Lipinski definition) is 4. The highest BCUT2D eigenvalue weighted by atomic mass is 79.9. The van der Waals surface area contributed by atoms with E-state index in [2.05, 4.69) is 20.7 Å². The molecule has 0 atom stereocenters. The Bertz CT molecular complexity index is 363. The molecule has 0 radical (unpaired) electrons. The number of carbonyl (C=O) groups is 2. The van der Waals surface area contributed by atoms with Crippen molar-refractivity contribution in [2.24, 2.45) is 0 Å². The van der Waals surface area contributed by atoms with Gasteiger partial charge in [-0.15, -0.1) is 11.3 Å². The van der Waals surface area contributed by atoms with E-state index in [-0.39, 0.29) is 0 Å². The van der Waals surface area contributed by atoms with E-state index in [9.17, 15) is 9.59 Å². The van der Waals surface area contributed by atoms with Crippen LogP contribution >= 0.6 is 27.3 Å². The molecule has 1 rings (SSSR count). The molecule has 0 N–H and O–H groups in total. The monoisotopic (exact) mass is 277 g/mol. The molecule has 0 spiro atoms. The molecule has 4 nitrogen and oxygen atoms in total. The van der Waals surface area contributed by atoms with E-state index in [0.717, 1.165) is 3.79 Å². The third-order valence-corrected chi connectivity index (χ3v) is 3.25. The van der Waals surface area contributed by atoms with Crippen molar-refractivity contribution in [2.45, 2.75) is 0 Å². The fraction of sp³-hybridized carbons (Fsp3) is 0.250. The van der Waals surface area contributed by atoms with Crippen LogP contribution in [0, 0.1) is 0 Å². The maximum atomic E-state index is 11.3. The number of likely N-dealkylation sites (N-methyl/N-ethyl adjacent to an activating group) is 1. The lowest BCUT2D eigenvalue weighted by atomic mass is 10.5. The van der Waals surface area contributed by atoms with Crippen LogP contribution in [0.1, 0.15) is 0 Å². The molecule has 6 heteroatoms. The molecule has 1 aromatic rings. The van der Waals surface area contributed by atoms with Gasteiger partial charge in [0.1, 0.15) is 0 Å². The molecule has 1 aromatic heterocycles. The number of nitrogens with zero attached hydrogens (tertiary/aromatic N) is 1. The highest BCUT2D eigenvalue weighted by Crippen LogP contribution is 2.29. The van der Waals surface area contributed by atoms with Gasteiger partial charge in [0.2, 0.25) is 0 Å². The molecule has 0 aromatic carbocycles. The van der Waals surface area contributed by atoms with Crippen molar-refractivity contribution in [2.75, 3.05) is 19.1 Å². The summed E-state index contributed by atoms with van der Waals surface area (Å²) in [5, 5.41) is 0.687. The van der Waals surface area contributed by atoms with Crippen molar-refractivity contribution in [1.82, 2.24) is 0 Å². The number of esters is 1. The summed E-state index contributed by atoms with van der Waals surface area (Å²) in [7, 11) is 2.70. The van der Waals surface area contributed by atoms with Crippen LogP contribution in [0.5, 0.6) is 0 Å². The summed E-state index contributed by atoms with van der Waals surface area (Å²) in [6.45, 7) is 0. The number of carbonyl (C=O) groups excluding carboxylic acids is 2. The van der Waals surface area contributed by atoms with E-state index in [1.54, 1.807) is 12.1 Å². The van der Waals surface area contributed by atoms with Crippen LogP contribution in [0.3, 0.4) is 0 Å². The first-order chi connectivity index (χ1) is 6.56. The van der Waals surface area contributed by atoms with Crippen molar-refractivity contribution in [3.63, 3.8) is 0 Å². The Hall–Kier alpha value is -0.880. The van der Waals surface area contributed by atoms with E-state index in [1.165, 1.54) is 30.4 Å². The molecule has 0 aliphatic carbocycles. The zero-order valence-electron chi connectivity index (χ0n) is 7.61. The normalized spacial score (nSPS) is 9.64. The molecule has 0 aliphatic heterocycles. The van der Waals surface area contributed by atoms with E-state index in [0.29, 0.717) is 5.00 Å². The Morgan fingerprint density at radius 2 is 2.14 bits per heavy atom. The van der Waals surface area contributed by atoms with Crippen LogP contribution in [0.4, 0.5) is 5.00 Å². The van der Waals surface area contributed by atoms with E-state index in [4.69, 9.17) is 0 Å². The van der Waals surface area contributed by atoms with Gasteiger partial charge in [0.25, 0.3) is 0 Å². The Kier molecular flexibility index (Phi) is 3.65. The standard InChI is InChI=1S/C8H8BrNO3S/c1-10(7(11)8(12)13-2)6-4-3-5(9)14-6/h3-4H,1-2H3. The van der Waals surface area contributed by atoms with Crippen molar-refractivity contribution >= 4 is 44.1 Å². The van der Waals surface area contributed by atoms with Crippen LogP contribution < -0.4 is 4.90 Å². The number of methoxy groups -OCH3 is 1. The van der Waals surface area contributed by atoms with Crippen molar-refractivity contribution in [3.8, 4) is 0 Å². The number of hydrogen-bond donors (Lipinski definition) is 0. The van der Waals surface area contributed by atoms with Gasteiger partial charge in [-0.1, -0.05) is 0 Å². The summed E-state index contributed by atoms with van der Waals surface area (Å²) >= 11 is 4.63. The molecule has 0 saturated carbocycles. The fourth-order valence-electron chi connectivity index (χ4n) is 0.809. The first-order valence-electron chi connectivity index (χ1n) is 3.67. The lowest BCUT2D eigenvalue weighted by Gasteiger charge is -2.12. The summed E-state index contributed by atoms with van der Waals surface area (Å²) < 4.78 is 5.22. The van der Waals surface area contributed by atoms with Gasteiger partial charge in [-0.2, -0.15) is 0 Å². The second-order valence-corrected chi connectivity index (χ2v) is 4.87. The number of anilines is 1. The third kappa shape index (κ3) is 2.33. The summed E-state index contributed by atoms with van der Waals surface area (Å²) in [6, 6.07) is 3.55. The predicted molar refractivity (Wildman–Crippen MR) is 57.4 cm³/mol. The van der Waals surface area contributed by atoms with Gasteiger partial charge in [-0.05, 0) is 28.1 Å². The lowest BCUT2D eigenvalue weighted by Crippen LogP contribution is -2.33. The molecule has 0 aliphatic rings. The average Bonchev–Trinajstić information content (AvgIpc) is 2.61. The maximum absolute atomic E-state index is 11.3. The Balaban J connectivity index is 2.80. The Morgan fingerprint density at radius 3 is 2.57 bits per heavy atom. The molecule has 1 amide bonds. The Morgan fingerprint density at radius 1 is 1.50 bits per heavy atom. The average molecular weight is 278 g/mol. The van der Waals surface area contributed by atoms with Crippen LogP contribution in [-0.2, 0) is 14.3 Å². The number of ether oxygens (including phenoxy) is 1.